The highest BCUT2D eigenvalue weighted by Crippen LogP contribution is 2.41. The Labute approximate surface area is 152 Å². The Kier molecular flexibility index (Phi) is 9.09. The van der Waals surface area contributed by atoms with E-state index >= 15 is 0 Å². The monoisotopic (exact) mass is 362 g/mol. The summed E-state index contributed by atoms with van der Waals surface area (Å²) < 4.78 is 44.3. The van der Waals surface area contributed by atoms with Gasteiger partial charge in [-0.2, -0.15) is 13.2 Å². The van der Waals surface area contributed by atoms with E-state index in [1.54, 1.807) is 7.11 Å². The first-order valence-electron chi connectivity index (χ1n) is 10.6. The van der Waals surface area contributed by atoms with Gasteiger partial charge >= 0.3 is 6.18 Å². The predicted octanol–water partition coefficient (Wildman–Crippen LogP) is 7.15. The van der Waals surface area contributed by atoms with Gasteiger partial charge in [-0.05, 0) is 49.9 Å². The molecule has 0 bridgehead atoms. The van der Waals surface area contributed by atoms with E-state index < -0.39 is 12.1 Å². The van der Waals surface area contributed by atoms with E-state index in [0.717, 1.165) is 24.7 Å². The molecule has 1 atom stereocenters. The average Bonchev–Trinajstić information content (AvgIpc) is 2.61. The Bertz CT molecular complexity index is 342. The highest BCUT2D eigenvalue weighted by atomic mass is 19.4. The number of ether oxygens (including phenoxy) is 1. The van der Waals surface area contributed by atoms with Crippen molar-refractivity contribution in [1.29, 1.82) is 0 Å². The van der Waals surface area contributed by atoms with Crippen LogP contribution in [0.1, 0.15) is 89.9 Å². The highest BCUT2D eigenvalue weighted by molar-refractivity contribution is 4.80. The minimum absolute atomic E-state index is 0.214. The maximum absolute atomic E-state index is 13.1. The second-order valence-corrected chi connectivity index (χ2v) is 8.48. The molecule has 2 aliphatic carbocycles. The molecule has 0 aromatic heterocycles. The van der Waals surface area contributed by atoms with Gasteiger partial charge in [0.2, 0.25) is 0 Å². The summed E-state index contributed by atoms with van der Waals surface area (Å²) in [7, 11) is 1.55. The minimum atomic E-state index is -4.05. The van der Waals surface area contributed by atoms with Crippen molar-refractivity contribution in [2.75, 3.05) is 13.7 Å². The molecule has 2 saturated carbocycles. The predicted molar refractivity (Wildman–Crippen MR) is 96.5 cm³/mol. The van der Waals surface area contributed by atoms with Crippen LogP contribution in [0.25, 0.3) is 0 Å². The third kappa shape index (κ3) is 7.48. The smallest absolute Gasteiger partial charge is 0.385 e. The van der Waals surface area contributed by atoms with Crippen molar-refractivity contribution in [3.63, 3.8) is 0 Å². The minimum Gasteiger partial charge on any atom is -0.385 e. The third-order valence-electron chi connectivity index (χ3n) is 6.74. The standard InChI is InChI=1S/C21H37F3O/c1-25-16-6-11-20(21(22,23)24)10-5-7-17-12-14-19(15-13-17)18-8-3-2-4-9-18/h17-20H,2-16H2,1H3/t17-,19-,20?. The SMILES string of the molecule is COCCCC(CCC[C@H]1CC[C@H](C2CCCCC2)CC1)C(F)(F)F. The van der Waals surface area contributed by atoms with Crippen LogP contribution in [0, 0.1) is 23.7 Å². The van der Waals surface area contributed by atoms with Gasteiger partial charge in [0.15, 0.2) is 0 Å². The number of halogens is 3. The molecule has 0 aromatic rings. The molecule has 2 rings (SSSR count). The molecule has 0 heterocycles. The van der Waals surface area contributed by atoms with E-state index in [2.05, 4.69) is 0 Å². The lowest BCUT2D eigenvalue weighted by Crippen LogP contribution is -2.25. The molecular formula is C21H37F3O. The maximum atomic E-state index is 13.1. The number of rotatable bonds is 9. The molecule has 4 heteroatoms. The van der Waals surface area contributed by atoms with Gasteiger partial charge in [0, 0.05) is 13.7 Å². The van der Waals surface area contributed by atoms with Crippen LogP contribution in [-0.4, -0.2) is 19.9 Å². The molecule has 25 heavy (non-hydrogen) atoms. The van der Waals surface area contributed by atoms with Gasteiger partial charge in [-0.25, -0.2) is 0 Å². The van der Waals surface area contributed by atoms with Gasteiger partial charge < -0.3 is 4.74 Å². The quantitative estimate of drug-likeness (QED) is 0.396. The molecule has 1 unspecified atom stereocenters. The van der Waals surface area contributed by atoms with Gasteiger partial charge in [0.25, 0.3) is 0 Å². The summed E-state index contributed by atoms with van der Waals surface area (Å²) in [5, 5.41) is 0. The van der Waals surface area contributed by atoms with Crippen molar-refractivity contribution in [3.8, 4) is 0 Å². The lowest BCUT2D eigenvalue weighted by atomic mass is 9.70. The van der Waals surface area contributed by atoms with Crippen LogP contribution in [-0.2, 0) is 4.74 Å². The van der Waals surface area contributed by atoms with Crippen LogP contribution in [0.2, 0.25) is 0 Å². The number of hydrogen-bond acceptors (Lipinski definition) is 1. The van der Waals surface area contributed by atoms with Crippen LogP contribution >= 0.6 is 0 Å². The Morgan fingerprint density at radius 2 is 1.44 bits per heavy atom. The van der Waals surface area contributed by atoms with Gasteiger partial charge in [-0.15, -0.1) is 0 Å². The zero-order chi connectivity index (χ0) is 18.1. The molecular weight excluding hydrogens is 325 g/mol. The zero-order valence-electron chi connectivity index (χ0n) is 16.0. The maximum Gasteiger partial charge on any atom is 0.391 e. The van der Waals surface area contributed by atoms with E-state index in [1.807, 2.05) is 0 Å². The van der Waals surface area contributed by atoms with E-state index in [1.165, 1.54) is 57.8 Å². The van der Waals surface area contributed by atoms with Crippen molar-refractivity contribution >= 4 is 0 Å². The summed E-state index contributed by atoms with van der Waals surface area (Å²) in [6.07, 6.45) is 10.9. The number of alkyl halides is 3. The molecule has 0 radical (unpaired) electrons. The van der Waals surface area contributed by atoms with E-state index in [0.29, 0.717) is 25.4 Å². The summed E-state index contributed by atoms with van der Waals surface area (Å²) in [5.74, 6) is 1.40. The van der Waals surface area contributed by atoms with Crippen molar-refractivity contribution in [2.24, 2.45) is 23.7 Å². The van der Waals surface area contributed by atoms with Gasteiger partial charge in [-0.3, -0.25) is 0 Å². The second-order valence-electron chi connectivity index (χ2n) is 8.48. The molecule has 0 saturated heterocycles. The largest absolute Gasteiger partial charge is 0.391 e. The first-order chi connectivity index (χ1) is 12.0. The van der Waals surface area contributed by atoms with Gasteiger partial charge in [0.05, 0.1) is 5.92 Å². The second kappa shape index (κ2) is 10.8. The van der Waals surface area contributed by atoms with Crippen LogP contribution in [0.4, 0.5) is 13.2 Å². The fraction of sp³-hybridized carbons (Fsp3) is 1.00. The lowest BCUT2D eigenvalue weighted by Gasteiger charge is -2.36. The van der Waals surface area contributed by atoms with Crippen LogP contribution in [0.15, 0.2) is 0 Å². The number of methoxy groups -OCH3 is 1. The van der Waals surface area contributed by atoms with Crippen molar-refractivity contribution < 1.29 is 17.9 Å². The molecule has 0 aliphatic heterocycles. The Morgan fingerprint density at radius 3 is 2.04 bits per heavy atom. The first-order valence-corrected chi connectivity index (χ1v) is 10.6. The zero-order valence-corrected chi connectivity index (χ0v) is 16.0. The molecule has 0 aromatic carbocycles. The summed E-state index contributed by atoms with van der Waals surface area (Å²) in [6.45, 7) is 0.428. The fourth-order valence-corrected chi connectivity index (χ4v) is 5.15. The van der Waals surface area contributed by atoms with Crippen LogP contribution in [0.5, 0.6) is 0 Å². The molecule has 0 N–H and O–H groups in total. The summed E-state index contributed by atoms with van der Waals surface area (Å²) >= 11 is 0. The molecule has 1 nitrogen and oxygen atoms in total. The van der Waals surface area contributed by atoms with E-state index in [4.69, 9.17) is 4.74 Å². The summed E-state index contributed by atoms with van der Waals surface area (Å²) in [6, 6.07) is 0. The molecule has 2 aliphatic rings. The lowest BCUT2D eigenvalue weighted by molar-refractivity contribution is -0.179. The molecule has 0 amide bonds. The molecule has 2 fully saturated rings. The number of hydrogen-bond donors (Lipinski definition) is 0. The summed E-state index contributed by atoms with van der Waals surface area (Å²) in [5.41, 5.74) is 0. The average molecular weight is 363 g/mol. The first kappa shape index (κ1) is 21.1. The van der Waals surface area contributed by atoms with Crippen molar-refractivity contribution in [1.82, 2.24) is 0 Å². The topological polar surface area (TPSA) is 9.23 Å². The van der Waals surface area contributed by atoms with Crippen molar-refractivity contribution in [2.45, 2.75) is 96.1 Å². The normalized spacial score (nSPS) is 27.4. The van der Waals surface area contributed by atoms with Gasteiger partial charge in [0.1, 0.15) is 0 Å². The summed E-state index contributed by atoms with van der Waals surface area (Å²) in [4.78, 5) is 0. The highest BCUT2D eigenvalue weighted by Gasteiger charge is 2.38. The Morgan fingerprint density at radius 1 is 0.840 bits per heavy atom. The van der Waals surface area contributed by atoms with E-state index in [-0.39, 0.29) is 6.42 Å². The van der Waals surface area contributed by atoms with Crippen molar-refractivity contribution in [3.05, 3.63) is 0 Å². The van der Waals surface area contributed by atoms with E-state index in [9.17, 15) is 13.2 Å². The Hall–Kier alpha value is -0.250. The molecule has 148 valence electrons. The van der Waals surface area contributed by atoms with Crippen LogP contribution < -0.4 is 0 Å². The Balaban J connectivity index is 1.63. The van der Waals surface area contributed by atoms with Crippen LogP contribution in [0.3, 0.4) is 0 Å². The third-order valence-corrected chi connectivity index (χ3v) is 6.74. The molecule has 0 spiro atoms. The van der Waals surface area contributed by atoms with Gasteiger partial charge in [-0.1, -0.05) is 57.8 Å². The fourth-order valence-electron chi connectivity index (χ4n) is 5.15.